The Morgan fingerprint density at radius 1 is 1.12 bits per heavy atom. The quantitative estimate of drug-likeness (QED) is 0.854. The molecule has 0 spiro atoms. The predicted molar refractivity (Wildman–Crippen MR) is 63.4 cm³/mol. The van der Waals surface area contributed by atoms with Crippen LogP contribution in [0, 0.1) is 6.92 Å². The van der Waals surface area contributed by atoms with Gasteiger partial charge in [-0.15, -0.1) is 0 Å². The zero-order valence-corrected chi connectivity index (χ0v) is 9.18. The third-order valence-corrected chi connectivity index (χ3v) is 2.27. The Bertz CT molecular complexity index is 448. The van der Waals surface area contributed by atoms with Crippen LogP contribution in [0.25, 0.3) is 0 Å². The first kappa shape index (κ1) is 10.6. The molecule has 0 fully saturated rings. The number of rotatable bonds is 3. The smallest absolute Gasteiger partial charge is 0.219 e. The third kappa shape index (κ3) is 2.58. The maximum Gasteiger partial charge on any atom is 0.219 e. The zero-order chi connectivity index (χ0) is 11.4. The van der Waals surface area contributed by atoms with Gasteiger partial charge in [-0.2, -0.15) is 0 Å². The number of hydrogen-bond donors (Lipinski definition) is 1. The molecular weight excluding hydrogens is 200 g/mol. The molecule has 0 aliphatic heterocycles. The molecule has 2 N–H and O–H groups in total. The fourth-order valence-corrected chi connectivity index (χ4v) is 1.33. The molecule has 0 amide bonds. The van der Waals surface area contributed by atoms with Crippen LogP contribution in [-0.2, 0) is 6.54 Å². The minimum atomic E-state index is 0.545. The first-order valence-corrected chi connectivity index (χ1v) is 5.17. The van der Waals surface area contributed by atoms with Crippen LogP contribution in [-0.4, -0.2) is 4.98 Å². The van der Waals surface area contributed by atoms with E-state index in [2.05, 4.69) is 4.98 Å². The standard InChI is InChI=1S/C13H14N2O/c1-10-2-7-13(15-9-10)16-12-5-3-11(8-14)4-6-12/h2-7,9H,8,14H2,1H3. The molecule has 0 atom stereocenters. The second-order valence-corrected chi connectivity index (χ2v) is 3.62. The summed E-state index contributed by atoms with van der Waals surface area (Å²) in [5.74, 6) is 1.37. The number of aryl methyl sites for hydroxylation is 1. The Morgan fingerprint density at radius 2 is 1.88 bits per heavy atom. The molecular formula is C13H14N2O. The Hall–Kier alpha value is -1.87. The van der Waals surface area contributed by atoms with Crippen molar-refractivity contribution in [2.75, 3.05) is 0 Å². The van der Waals surface area contributed by atoms with Gasteiger partial charge in [0.1, 0.15) is 5.75 Å². The zero-order valence-electron chi connectivity index (χ0n) is 9.18. The van der Waals surface area contributed by atoms with Gasteiger partial charge in [-0.05, 0) is 30.2 Å². The highest BCUT2D eigenvalue weighted by atomic mass is 16.5. The van der Waals surface area contributed by atoms with Crippen LogP contribution in [0.3, 0.4) is 0 Å². The van der Waals surface area contributed by atoms with Gasteiger partial charge >= 0.3 is 0 Å². The van der Waals surface area contributed by atoms with E-state index in [1.807, 2.05) is 43.3 Å². The number of hydrogen-bond acceptors (Lipinski definition) is 3. The molecule has 2 aromatic rings. The van der Waals surface area contributed by atoms with Gasteiger partial charge < -0.3 is 10.5 Å². The van der Waals surface area contributed by atoms with E-state index >= 15 is 0 Å². The summed E-state index contributed by atoms with van der Waals surface area (Å²) in [6.45, 7) is 2.54. The van der Waals surface area contributed by atoms with E-state index in [4.69, 9.17) is 10.5 Å². The molecule has 0 saturated carbocycles. The first-order valence-electron chi connectivity index (χ1n) is 5.17. The number of benzene rings is 1. The lowest BCUT2D eigenvalue weighted by Crippen LogP contribution is -1.95. The molecule has 2 rings (SSSR count). The Morgan fingerprint density at radius 3 is 2.44 bits per heavy atom. The normalized spacial score (nSPS) is 10.1. The van der Waals surface area contributed by atoms with E-state index in [0.717, 1.165) is 16.9 Å². The van der Waals surface area contributed by atoms with Gasteiger partial charge in [0.25, 0.3) is 0 Å². The van der Waals surface area contributed by atoms with Crippen LogP contribution in [0.15, 0.2) is 42.6 Å². The van der Waals surface area contributed by atoms with Crippen molar-refractivity contribution in [2.45, 2.75) is 13.5 Å². The van der Waals surface area contributed by atoms with E-state index in [1.165, 1.54) is 0 Å². The monoisotopic (exact) mass is 214 g/mol. The van der Waals surface area contributed by atoms with Gasteiger partial charge in [0.15, 0.2) is 0 Å². The van der Waals surface area contributed by atoms with E-state index in [0.29, 0.717) is 12.4 Å². The summed E-state index contributed by atoms with van der Waals surface area (Å²) in [5, 5.41) is 0. The van der Waals surface area contributed by atoms with Crippen LogP contribution < -0.4 is 10.5 Å². The fraction of sp³-hybridized carbons (Fsp3) is 0.154. The second kappa shape index (κ2) is 4.77. The maximum atomic E-state index is 5.58. The highest BCUT2D eigenvalue weighted by Gasteiger charge is 1.98. The number of ether oxygens (including phenoxy) is 1. The molecule has 0 radical (unpaired) electrons. The molecule has 1 aromatic carbocycles. The van der Waals surface area contributed by atoms with Crippen molar-refractivity contribution in [2.24, 2.45) is 5.73 Å². The van der Waals surface area contributed by atoms with Crippen molar-refractivity contribution >= 4 is 0 Å². The molecule has 1 heterocycles. The van der Waals surface area contributed by atoms with Crippen LogP contribution in [0.5, 0.6) is 11.6 Å². The van der Waals surface area contributed by atoms with E-state index in [9.17, 15) is 0 Å². The van der Waals surface area contributed by atoms with Crippen molar-refractivity contribution in [1.29, 1.82) is 0 Å². The van der Waals surface area contributed by atoms with Crippen molar-refractivity contribution < 1.29 is 4.74 Å². The van der Waals surface area contributed by atoms with Gasteiger partial charge in [-0.3, -0.25) is 0 Å². The highest BCUT2D eigenvalue weighted by molar-refractivity contribution is 5.30. The van der Waals surface area contributed by atoms with Gasteiger partial charge in [-0.25, -0.2) is 4.98 Å². The average molecular weight is 214 g/mol. The van der Waals surface area contributed by atoms with Crippen molar-refractivity contribution in [3.8, 4) is 11.6 Å². The molecule has 3 heteroatoms. The number of nitrogens with zero attached hydrogens (tertiary/aromatic N) is 1. The van der Waals surface area contributed by atoms with Crippen molar-refractivity contribution in [1.82, 2.24) is 4.98 Å². The van der Waals surface area contributed by atoms with E-state index in [1.54, 1.807) is 6.20 Å². The van der Waals surface area contributed by atoms with Crippen LogP contribution in [0.4, 0.5) is 0 Å². The molecule has 0 aliphatic carbocycles. The van der Waals surface area contributed by atoms with Gasteiger partial charge in [-0.1, -0.05) is 18.2 Å². The summed E-state index contributed by atoms with van der Waals surface area (Å²) in [4.78, 5) is 4.17. The Balaban J connectivity index is 2.11. The third-order valence-electron chi connectivity index (χ3n) is 2.27. The van der Waals surface area contributed by atoms with Crippen LogP contribution in [0.1, 0.15) is 11.1 Å². The molecule has 0 unspecified atom stereocenters. The second-order valence-electron chi connectivity index (χ2n) is 3.62. The highest BCUT2D eigenvalue weighted by Crippen LogP contribution is 2.19. The van der Waals surface area contributed by atoms with Gasteiger partial charge in [0.05, 0.1) is 0 Å². The molecule has 16 heavy (non-hydrogen) atoms. The lowest BCUT2D eigenvalue weighted by Gasteiger charge is -2.05. The molecule has 1 aromatic heterocycles. The van der Waals surface area contributed by atoms with Crippen LogP contribution in [0.2, 0.25) is 0 Å². The summed E-state index contributed by atoms with van der Waals surface area (Å²) in [7, 11) is 0. The van der Waals surface area contributed by atoms with Crippen molar-refractivity contribution in [3.63, 3.8) is 0 Å². The first-order chi connectivity index (χ1) is 7.78. The molecule has 0 bridgehead atoms. The molecule has 0 saturated heterocycles. The lowest BCUT2D eigenvalue weighted by molar-refractivity contribution is 0.462. The summed E-state index contributed by atoms with van der Waals surface area (Å²) in [6, 6.07) is 11.5. The van der Waals surface area contributed by atoms with Gasteiger partial charge in [0, 0.05) is 18.8 Å². The van der Waals surface area contributed by atoms with E-state index < -0.39 is 0 Å². The Kier molecular flexibility index (Phi) is 3.17. The Labute approximate surface area is 94.9 Å². The number of pyridine rings is 1. The summed E-state index contributed by atoms with van der Waals surface area (Å²) in [5.41, 5.74) is 7.72. The molecule has 0 aliphatic rings. The number of aromatic nitrogens is 1. The average Bonchev–Trinajstić information content (AvgIpc) is 2.33. The minimum Gasteiger partial charge on any atom is -0.439 e. The largest absolute Gasteiger partial charge is 0.439 e. The number of nitrogens with two attached hydrogens (primary N) is 1. The van der Waals surface area contributed by atoms with Crippen molar-refractivity contribution in [3.05, 3.63) is 53.7 Å². The minimum absolute atomic E-state index is 0.545. The summed E-state index contributed by atoms with van der Waals surface area (Å²) < 4.78 is 5.58. The molecule has 82 valence electrons. The topological polar surface area (TPSA) is 48.1 Å². The van der Waals surface area contributed by atoms with Crippen LogP contribution >= 0.6 is 0 Å². The summed E-state index contributed by atoms with van der Waals surface area (Å²) >= 11 is 0. The lowest BCUT2D eigenvalue weighted by atomic mass is 10.2. The van der Waals surface area contributed by atoms with E-state index in [-0.39, 0.29) is 0 Å². The van der Waals surface area contributed by atoms with Gasteiger partial charge in [0.2, 0.25) is 5.88 Å². The SMILES string of the molecule is Cc1ccc(Oc2ccc(CN)cc2)nc1. The predicted octanol–water partition coefficient (Wildman–Crippen LogP) is 2.64. The fourth-order valence-electron chi connectivity index (χ4n) is 1.33. The maximum absolute atomic E-state index is 5.58. The summed E-state index contributed by atoms with van der Waals surface area (Å²) in [6.07, 6.45) is 1.78. The molecule has 3 nitrogen and oxygen atoms in total.